The van der Waals surface area contributed by atoms with Gasteiger partial charge in [0.25, 0.3) is 5.91 Å². The van der Waals surface area contributed by atoms with Gasteiger partial charge in [0.05, 0.1) is 5.69 Å². The first-order valence-corrected chi connectivity index (χ1v) is 9.16. The maximum Gasteiger partial charge on any atom is 0.408 e. The van der Waals surface area contributed by atoms with Gasteiger partial charge in [-0.05, 0) is 39.3 Å². The molecule has 1 aliphatic rings. The van der Waals surface area contributed by atoms with E-state index in [9.17, 15) is 9.59 Å². The van der Waals surface area contributed by atoms with Crippen molar-refractivity contribution in [1.82, 2.24) is 5.32 Å². The quantitative estimate of drug-likeness (QED) is 0.853. The fraction of sp³-hybridized carbons (Fsp3) is 0.364. The Kier molecular flexibility index (Phi) is 4.91. The van der Waals surface area contributed by atoms with Crippen LogP contribution < -0.4 is 10.2 Å². The molecule has 0 saturated heterocycles. The molecule has 1 N–H and O–H groups in total. The highest BCUT2D eigenvalue weighted by Gasteiger charge is 2.57. The fourth-order valence-corrected chi connectivity index (χ4v) is 3.51. The van der Waals surface area contributed by atoms with Crippen LogP contribution in [0.3, 0.4) is 0 Å². The molecule has 28 heavy (non-hydrogen) atoms. The van der Waals surface area contributed by atoms with Gasteiger partial charge in [0.1, 0.15) is 11.6 Å². The lowest BCUT2D eigenvalue weighted by Crippen LogP contribution is -2.48. The van der Waals surface area contributed by atoms with Crippen LogP contribution in [-0.4, -0.2) is 24.6 Å². The van der Waals surface area contributed by atoms with Crippen molar-refractivity contribution in [3.8, 4) is 0 Å². The predicted molar refractivity (Wildman–Crippen MR) is 106 cm³/mol. The molecule has 1 heterocycles. The van der Waals surface area contributed by atoms with Crippen molar-refractivity contribution in [1.29, 1.82) is 0 Å². The van der Waals surface area contributed by atoms with Crippen LogP contribution in [0.5, 0.6) is 0 Å². The molecule has 2 aromatic carbocycles. The minimum Gasteiger partial charge on any atom is -0.444 e. The zero-order valence-corrected chi connectivity index (χ0v) is 16.7. The molecule has 0 aromatic heterocycles. The Bertz CT molecular complexity index is 922. The number of halogens is 1. The predicted octanol–water partition coefficient (Wildman–Crippen LogP) is 4.40. The molecule has 0 fully saturated rings. The van der Waals surface area contributed by atoms with Crippen LogP contribution in [0.25, 0.3) is 0 Å². The highest BCUT2D eigenvalue weighted by atomic mass is 19.1. The van der Waals surface area contributed by atoms with Crippen LogP contribution in [0.2, 0.25) is 0 Å². The molecule has 2 aromatic rings. The van der Waals surface area contributed by atoms with E-state index in [0.29, 0.717) is 11.3 Å². The van der Waals surface area contributed by atoms with Crippen LogP contribution >= 0.6 is 0 Å². The maximum atomic E-state index is 16.6. The van der Waals surface area contributed by atoms with E-state index in [2.05, 4.69) is 5.32 Å². The van der Waals surface area contributed by atoms with Gasteiger partial charge in [0, 0.05) is 12.6 Å². The number of fused-ring (bicyclic) bond motifs is 1. The highest BCUT2D eigenvalue weighted by molar-refractivity contribution is 6.07. The third-order valence-electron chi connectivity index (χ3n) is 4.71. The number of ether oxygens (including phenoxy) is 1. The number of anilines is 1. The summed E-state index contributed by atoms with van der Waals surface area (Å²) in [5.74, 6) is -0.726. The van der Waals surface area contributed by atoms with Crippen LogP contribution in [0.4, 0.5) is 14.9 Å². The normalized spacial score (nSPS) is 19.9. The molecule has 1 unspecified atom stereocenters. The van der Waals surface area contributed by atoms with Crippen molar-refractivity contribution >= 4 is 17.7 Å². The SMILES string of the molecule is Cc1cccc(C(NC(=O)OC(C)(C)C)[C@]2(F)C(=O)N(C)c3ccccc32)c1. The molecule has 6 heteroatoms. The van der Waals surface area contributed by atoms with Crippen molar-refractivity contribution in [3.63, 3.8) is 0 Å². The summed E-state index contributed by atoms with van der Waals surface area (Å²) in [4.78, 5) is 26.8. The molecule has 0 bridgehead atoms. The number of amides is 2. The van der Waals surface area contributed by atoms with E-state index in [1.54, 1.807) is 63.2 Å². The standard InChI is InChI=1S/C22H25FN2O3/c1-14-9-8-10-15(13-14)18(24-20(27)28-21(2,3)4)22(23)16-11-6-7-12-17(16)25(5)19(22)26/h6-13,18H,1-5H3,(H,24,27)/t18?,22-/m0/s1. The Morgan fingerprint density at radius 1 is 1.18 bits per heavy atom. The molecule has 0 radical (unpaired) electrons. The molecule has 2 amide bonds. The van der Waals surface area contributed by atoms with E-state index in [0.717, 1.165) is 5.56 Å². The lowest BCUT2D eigenvalue weighted by molar-refractivity contribution is -0.131. The number of alkyl carbamates (subject to hydrolysis) is 1. The van der Waals surface area contributed by atoms with Crippen LogP contribution in [0.1, 0.15) is 43.5 Å². The molecule has 0 spiro atoms. The third-order valence-corrected chi connectivity index (χ3v) is 4.71. The minimum atomic E-state index is -2.45. The van der Waals surface area contributed by atoms with Crippen LogP contribution in [-0.2, 0) is 15.2 Å². The fourth-order valence-electron chi connectivity index (χ4n) is 3.51. The first-order valence-electron chi connectivity index (χ1n) is 9.16. The molecule has 3 rings (SSSR count). The van der Waals surface area contributed by atoms with E-state index in [-0.39, 0.29) is 5.56 Å². The summed E-state index contributed by atoms with van der Waals surface area (Å²) >= 11 is 0. The van der Waals surface area contributed by atoms with E-state index < -0.39 is 29.3 Å². The second kappa shape index (κ2) is 6.93. The Morgan fingerprint density at radius 2 is 1.86 bits per heavy atom. The Morgan fingerprint density at radius 3 is 2.50 bits per heavy atom. The third kappa shape index (κ3) is 3.46. The highest BCUT2D eigenvalue weighted by Crippen LogP contribution is 2.49. The van der Waals surface area contributed by atoms with E-state index in [1.165, 1.54) is 11.9 Å². The second-order valence-electron chi connectivity index (χ2n) is 8.09. The van der Waals surface area contributed by atoms with Gasteiger partial charge in [-0.1, -0.05) is 48.0 Å². The van der Waals surface area contributed by atoms with E-state index in [1.807, 2.05) is 13.0 Å². The summed E-state index contributed by atoms with van der Waals surface area (Å²) in [5.41, 5.74) is -1.10. The van der Waals surface area contributed by atoms with Crippen molar-refractivity contribution in [2.45, 2.75) is 45.0 Å². The summed E-state index contributed by atoms with van der Waals surface area (Å²) in [6.45, 7) is 7.05. The number of nitrogens with one attached hydrogen (secondary N) is 1. The van der Waals surface area contributed by atoms with Gasteiger partial charge < -0.3 is 15.0 Å². The zero-order valence-electron chi connectivity index (χ0n) is 16.7. The van der Waals surface area contributed by atoms with Gasteiger partial charge in [-0.3, -0.25) is 4.79 Å². The van der Waals surface area contributed by atoms with Gasteiger partial charge in [0.15, 0.2) is 0 Å². The number of aryl methyl sites for hydroxylation is 1. The number of hydrogen-bond donors (Lipinski definition) is 1. The molecule has 5 nitrogen and oxygen atoms in total. The Hall–Kier alpha value is -2.89. The average molecular weight is 384 g/mol. The number of likely N-dealkylation sites (N-methyl/N-ethyl adjacent to an activating group) is 1. The Labute approximate surface area is 164 Å². The lowest BCUT2D eigenvalue weighted by atomic mass is 9.84. The number of rotatable bonds is 3. The number of hydrogen-bond acceptors (Lipinski definition) is 3. The number of para-hydroxylation sites is 1. The average Bonchev–Trinajstić information content (AvgIpc) is 2.81. The largest absolute Gasteiger partial charge is 0.444 e. The van der Waals surface area contributed by atoms with Gasteiger partial charge in [-0.2, -0.15) is 0 Å². The van der Waals surface area contributed by atoms with Gasteiger partial charge >= 0.3 is 6.09 Å². The summed E-state index contributed by atoms with van der Waals surface area (Å²) in [6, 6.07) is 12.6. The van der Waals surface area contributed by atoms with Crippen molar-refractivity contribution in [2.75, 3.05) is 11.9 Å². The van der Waals surface area contributed by atoms with Gasteiger partial charge in [-0.25, -0.2) is 9.18 Å². The van der Waals surface area contributed by atoms with Crippen molar-refractivity contribution in [3.05, 3.63) is 65.2 Å². The topological polar surface area (TPSA) is 58.6 Å². The van der Waals surface area contributed by atoms with E-state index >= 15 is 4.39 Å². The zero-order chi connectivity index (χ0) is 20.7. The molecule has 1 aliphatic heterocycles. The molecular weight excluding hydrogens is 359 g/mol. The summed E-state index contributed by atoms with van der Waals surface area (Å²) in [5, 5.41) is 2.61. The minimum absolute atomic E-state index is 0.227. The monoisotopic (exact) mass is 384 g/mol. The van der Waals surface area contributed by atoms with Gasteiger partial charge in [0.2, 0.25) is 5.67 Å². The number of nitrogens with zero attached hydrogens (tertiary/aromatic N) is 1. The molecule has 0 aliphatic carbocycles. The molecule has 2 atom stereocenters. The van der Waals surface area contributed by atoms with E-state index in [4.69, 9.17) is 4.74 Å². The summed E-state index contributed by atoms with van der Waals surface area (Å²) in [7, 11) is 1.53. The number of carbonyl (C=O) groups excluding carboxylic acids is 2. The number of alkyl halides is 1. The number of carbonyl (C=O) groups is 2. The van der Waals surface area contributed by atoms with Crippen LogP contribution in [0, 0.1) is 6.92 Å². The van der Waals surface area contributed by atoms with Gasteiger partial charge in [-0.15, -0.1) is 0 Å². The first-order chi connectivity index (χ1) is 13.0. The summed E-state index contributed by atoms with van der Waals surface area (Å²) < 4.78 is 21.9. The maximum absolute atomic E-state index is 16.6. The number of benzene rings is 2. The summed E-state index contributed by atoms with van der Waals surface area (Å²) in [6.07, 6.45) is -0.782. The molecule has 148 valence electrons. The smallest absolute Gasteiger partial charge is 0.408 e. The lowest BCUT2D eigenvalue weighted by Gasteiger charge is -2.31. The van der Waals surface area contributed by atoms with Crippen molar-refractivity contribution in [2.24, 2.45) is 0 Å². The first kappa shape index (κ1) is 19.9. The van der Waals surface area contributed by atoms with Crippen LogP contribution in [0.15, 0.2) is 48.5 Å². The second-order valence-corrected chi connectivity index (χ2v) is 8.09. The molecule has 0 saturated carbocycles. The van der Waals surface area contributed by atoms with Crippen molar-refractivity contribution < 1.29 is 18.7 Å². The Balaban J connectivity index is 2.11. The molecular formula is C22H25FN2O3.